The Morgan fingerprint density at radius 3 is 2.73 bits per heavy atom. The summed E-state index contributed by atoms with van der Waals surface area (Å²) in [5.41, 5.74) is 2.08. The van der Waals surface area contributed by atoms with Crippen molar-refractivity contribution < 1.29 is 4.79 Å². The van der Waals surface area contributed by atoms with Gasteiger partial charge in [-0.1, -0.05) is 12.1 Å². The van der Waals surface area contributed by atoms with Crippen LogP contribution in [0.25, 0.3) is 16.2 Å². The Hall–Kier alpha value is -4.26. The van der Waals surface area contributed by atoms with E-state index in [4.69, 9.17) is 6.57 Å². The highest BCUT2D eigenvalue weighted by atomic mass is 16.2. The van der Waals surface area contributed by atoms with Crippen LogP contribution in [-0.4, -0.2) is 54.2 Å². The predicted octanol–water partition coefficient (Wildman–Crippen LogP) is 1.87. The Kier molecular flexibility index (Phi) is 4.33. The summed E-state index contributed by atoms with van der Waals surface area (Å²) in [5, 5.41) is 7.27. The fraction of sp³-hybridized carbons (Fsp3) is 0.200. The van der Waals surface area contributed by atoms with Gasteiger partial charge < -0.3 is 14.6 Å². The lowest BCUT2D eigenvalue weighted by molar-refractivity contribution is 0.0930. The number of rotatable bonds is 4. The lowest BCUT2D eigenvalue weighted by Crippen LogP contribution is -2.37. The molecular formula is C20H17N9O. The zero-order valence-corrected chi connectivity index (χ0v) is 15.9. The maximum atomic E-state index is 12.6. The highest BCUT2D eigenvalue weighted by Crippen LogP contribution is 2.22. The second-order valence-electron chi connectivity index (χ2n) is 6.95. The number of imidazole rings is 1. The van der Waals surface area contributed by atoms with Crippen molar-refractivity contribution in [2.75, 3.05) is 18.0 Å². The molecule has 0 radical (unpaired) electrons. The molecule has 10 heteroatoms. The summed E-state index contributed by atoms with van der Waals surface area (Å²) < 4.78 is 3.45. The first-order chi connectivity index (χ1) is 14.7. The van der Waals surface area contributed by atoms with E-state index in [1.165, 1.54) is 11.0 Å². The van der Waals surface area contributed by atoms with Crippen molar-refractivity contribution in [1.82, 2.24) is 34.4 Å². The molecule has 4 heterocycles. The van der Waals surface area contributed by atoms with Gasteiger partial charge in [0.05, 0.1) is 12.3 Å². The monoisotopic (exact) mass is 399 g/mol. The Labute approximate surface area is 171 Å². The standard InChI is InChI=1S/C20H17N9O/c1-21-14-2-4-16(5-3-14)29-13-24-17(26-29)20(30)25-15-6-9-28(12-15)19-18-22-7-10-27(18)11-8-23-19/h2-5,7-8,10-11,13,15H,6,9,12H2,(H,25,30)/t15-/m0/s1. The molecule has 1 aliphatic heterocycles. The van der Waals surface area contributed by atoms with Gasteiger partial charge in [-0.25, -0.2) is 24.5 Å². The van der Waals surface area contributed by atoms with E-state index in [-0.39, 0.29) is 17.8 Å². The van der Waals surface area contributed by atoms with Crippen molar-refractivity contribution in [3.63, 3.8) is 0 Å². The van der Waals surface area contributed by atoms with Gasteiger partial charge in [0, 0.05) is 43.9 Å². The van der Waals surface area contributed by atoms with Crippen LogP contribution in [0, 0.1) is 6.57 Å². The molecule has 4 aromatic rings. The first-order valence-corrected chi connectivity index (χ1v) is 9.44. The van der Waals surface area contributed by atoms with Crippen LogP contribution in [0.1, 0.15) is 17.0 Å². The molecule has 0 saturated carbocycles. The van der Waals surface area contributed by atoms with Gasteiger partial charge in [0.2, 0.25) is 5.82 Å². The van der Waals surface area contributed by atoms with Crippen molar-refractivity contribution in [2.45, 2.75) is 12.5 Å². The Morgan fingerprint density at radius 1 is 1.13 bits per heavy atom. The smallest absolute Gasteiger partial charge is 0.291 e. The van der Waals surface area contributed by atoms with E-state index in [0.29, 0.717) is 12.2 Å². The van der Waals surface area contributed by atoms with Crippen LogP contribution < -0.4 is 10.2 Å². The van der Waals surface area contributed by atoms with E-state index >= 15 is 0 Å². The zero-order chi connectivity index (χ0) is 20.5. The number of nitrogens with zero attached hydrogens (tertiary/aromatic N) is 8. The van der Waals surface area contributed by atoms with Crippen LogP contribution in [0.3, 0.4) is 0 Å². The SMILES string of the molecule is [C-]#[N+]c1ccc(-n2cnc(C(=O)N[C@H]3CCN(c4nccn5ccnc45)C3)n2)cc1. The molecule has 0 aliphatic carbocycles. The summed E-state index contributed by atoms with van der Waals surface area (Å²) in [6.45, 7) is 8.43. The van der Waals surface area contributed by atoms with Crippen LogP contribution in [0.2, 0.25) is 0 Å². The molecule has 0 bridgehead atoms. The average molecular weight is 399 g/mol. The number of aromatic nitrogens is 6. The number of carbonyl (C=O) groups excluding carboxylic acids is 1. The highest BCUT2D eigenvalue weighted by molar-refractivity contribution is 5.90. The molecule has 10 nitrogen and oxygen atoms in total. The lowest BCUT2D eigenvalue weighted by atomic mass is 10.2. The van der Waals surface area contributed by atoms with Crippen molar-refractivity contribution in [1.29, 1.82) is 0 Å². The molecule has 30 heavy (non-hydrogen) atoms. The first-order valence-electron chi connectivity index (χ1n) is 9.44. The Bertz CT molecular complexity index is 1250. The fourth-order valence-corrected chi connectivity index (χ4v) is 3.55. The normalized spacial score (nSPS) is 16.0. The maximum absolute atomic E-state index is 12.6. The number of amides is 1. The summed E-state index contributed by atoms with van der Waals surface area (Å²) in [7, 11) is 0. The molecule has 1 aliphatic rings. The second-order valence-corrected chi connectivity index (χ2v) is 6.95. The minimum Gasteiger partial charge on any atom is -0.351 e. The third kappa shape index (κ3) is 3.22. The number of anilines is 1. The molecular weight excluding hydrogens is 382 g/mol. The minimum absolute atomic E-state index is 0.0283. The molecule has 1 amide bonds. The van der Waals surface area contributed by atoms with Crippen LogP contribution in [0.4, 0.5) is 11.5 Å². The molecule has 1 saturated heterocycles. The number of nitrogens with one attached hydrogen (secondary N) is 1. The minimum atomic E-state index is -0.314. The molecule has 148 valence electrons. The zero-order valence-electron chi connectivity index (χ0n) is 15.9. The predicted molar refractivity (Wildman–Crippen MR) is 109 cm³/mol. The fourth-order valence-electron chi connectivity index (χ4n) is 3.55. The average Bonchev–Trinajstić information content (AvgIpc) is 3.53. The lowest BCUT2D eigenvalue weighted by Gasteiger charge is -2.18. The van der Waals surface area contributed by atoms with Crippen LogP contribution >= 0.6 is 0 Å². The molecule has 3 aromatic heterocycles. The molecule has 5 rings (SSSR count). The van der Waals surface area contributed by atoms with E-state index in [1.54, 1.807) is 36.7 Å². The van der Waals surface area contributed by atoms with Gasteiger partial charge in [-0.2, -0.15) is 0 Å². The summed E-state index contributed by atoms with van der Waals surface area (Å²) in [6, 6.07) is 6.90. The van der Waals surface area contributed by atoms with Gasteiger partial charge in [-0.05, 0) is 18.6 Å². The largest absolute Gasteiger partial charge is 0.351 e. The first kappa shape index (κ1) is 17.8. The molecule has 1 atom stereocenters. The van der Waals surface area contributed by atoms with Gasteiger partial charge in [0.1, 0.15) is 6.33 Å². The van der Waals surface area contributed by atoms with Gasteiger partial charge in [0.25, 0.3) is 5.91 Å². The summed E-state index contributed by atoms with van der Waals surface area (Å²) in [6.07, 6.45) is 9.52. The van der Waals surface area contributed by atoms with E-state index in [1.807, 2.05) is 16.8 Å². The third-order valence-electron chi connectivity index (χ3n) is 5.05. The molecule has 0 unspecified atom stereocenters. The summed E-state index contributed by atoms with van der Waals surface area (Å²) in [4.78, 5) is 31.1. The van der Waals surface area contributed by atoms with Crippen LogP contribution in [0.5, 0.6) is 0 Å². The quantitative estimate of drug-likeness (QED) is 0.526. The van der Waals surface area contributed by atoms with E-state index < -0.39 is 0 Å². The number of hydrogen-bond acceptors (Lipinski definition) is 6. The molecule has 1 aromatic carbocycles. The number of fused-ring (bicyclic) bond motifs is 1. The Morgan fingerprint density at radius 2 is 1.93 bits per heavy atom. The van der Waals surface area contributed by atoms with Crippen molar-refractivity contribution in [3.8, 4) is 5.69 Å². The van der Waals surface area contributed by atoms with Crippen molar-refractivity contribution in [3.05, 3.63) is 72.6 Å². The van der Waals surface area contributed by atoms with Crippen LogP contribution in [-0.2, 0) is 0 Å². The topological polar surface area (TPSA) is 97.6 Å². The van der Waals surface area contributed by atoms with Crippen LogP contribution in [0.15, 0.2) is 55.4 Å². The van der Waals surface area contributed by atoms with Crippen molar-refractivity contribution in [2.24, 2.45) is 0 Å². The van der Waals surface area contributed by atoms with E-state index in [2.05, 4.69) is 35.1 Å². The molecule has 1 fully saturated rings. The number of hydrogen-bond donors (Lipinski definition) is 1. The molecule has 1 N–H and O–H groups in total. The molecule has 0 spiro atoms. The van der Waals surface area contributed by atoms with Gasteiger partial charge in [0.15, 0.2) is 17.2 Å². The van der Waals surface area contributed by atoms with Crippen molar-refractivity contribution >= 4 is 23.1 Å². The van der Waals surface area contributed by atoms with Gasteiger partial charge in [-0.15, -0.1) is 5.10 Å². The maximum Gasteiger partial charge on any atom is 0.291 e. The number of carbonyl (C=O) groups is 1. The van der Waals surface area contributed by atoms with Gasteiger partial charge in [-0.3, -0.25) is 4.79 Å². The Balaban J connectivity index is 1.26. The second kappa shape index (κ2) is 7.29. The summed E-state index contributed by atoms with van der Waals surface area (Å²) >= 11 is 0. The number of benzene rings is 1. The summed E-state index contributed by atoms with van der Waals surface area (Å²) in [5.74, 6) is 0.603. The highest BCUT2D eigenvalue weighted by Gasteiger charge is 2.27. The van der Waals surface area contributed by atoms with E-state index in [9.17, 15) is 4.79 Å². The van der Waals surface area contributed by atoms with E-state index in [0.717, 1.165) is 30.1 Å². The van der Waals surface area contributed by atoms with Gasteiger partial charge >= 0.3 is 0 Å². The third-order valence-corrected chi connectivity index (χ3v) is 5.05.